The number of halogens is 1. The van der Waals surface area contributed by atoms with E-state index >= 15 is 0 Å². The number of anilines is 1. The maximum Gasteiger partial charge on any atom is 0.227 e. The van der Waals surface area contributed by atoms with E-state index in [0.717, 1.165) is 31.6 Å². The van der Waals surface area contributed by atoms with Crippen LogP contribution in [0.1, 0.15) is 18.4 Å². The summed E-state index contributed by atoms with van der Waals surface area (Å²) in [5.74, 6) is 0.222. The summed E-state index contributed by atoms with van der Waals surface area (Å²) >= 11 is 0. The van der Waals surface area contributed by atoms with Crippen LogP contribution >= 0.6 is 12.4 Å². The van der Waals surface area contributed by atoms with Gasteiger partial charge < -0.3 is 10.6 Å². The number of nitrogens with zero attached hydrogens (tertiary/aromatic N) is 2. The summed E-state index contributed by atoms with van der Waals surface area (Å²) in [7, 11) is 0. The zero-order valence-electron chi connectivity index (χ0n) is 12.4. The number of nitrogens with one attached hydrogen (secondary N) is 2. The molecule has 0 atom stereocenters. The number of carbonyl (C=O) groups excluding carboxylic acids is 1. The Morgan fingerprint density at radius 2 is 2.00 bits per heavy atom. The second-order valence-electron chi connectivity index (χ2n) is 5.43. The lowest BCUT2D eigenvalue weighted by Crippen LogP contribution is -2.34. The van der Waals surface area contributed by atoms with Crippen molar-refractivity contribution >= 4 is 24.0 Å². The van der Waals surface area contributed by atoms with E-state index < -0.39 is 0 Å². The van der Waals surface area contributed by atoms with Gasteiger partial charge >= 0.3 is 0 Å². The SMILES string of the molecule is Cl.O=C(Nc1cnn(Cc2ccccc2)c1)C1CCNCC1. The summed E-state index contributed by atoms with van der Waals surface area (Å²) in [5, 5.41) is 10.5. The van der Waals surface area contributed by atoms with Crippen molar-refractivity contribution in [1.29, 1.82) is 0 Å². The van der Waals surface area contributed by atoms with E-state index in [1.54, 1.807) is 6.20 Å². The fraction of sp³-hybridized carbons (Fsp3) is 0.375. The fourth-order valence-corrected chi connectivity index (χ4v) is 2.61. The molecule has 22 heavy (non-hydrogen) atoms. The molecular formula is C16H21ClN4O. The highest BCUT2D eigenvalue weighted by Crippen LogP contribution is 2.15. The van der Waals surface area contributed by atoms with Crippen LogP contribution in [0.4, 0.5) is 5.69 Å². The van der Waals surface area contributed by atoms with Gasteiger partial charge in [0.2, 0.25) is 5.91 Å². The number of carbonyl (C=O) groups is 1. The highest BCUT2D eigenvalue weighted by Gasteiger charge is 2.21. The minimum Gasteiger partial charge on any atom is -0.323 e. The van der Waals surface area contributed by atoms with Crippen LogP contribution in [0.25, 0.3) is 0 Å². The zero-order chi connectivity index (χ0) is 14.5. The minimum atomic E-state index is 0. The van der Waals surface area contributed by atoms with Crippen LogP contribution in [0.3, 0.4) is 0 Å². The van der Waals surface area contributed by atoms with Gasteiger partial charge in [-0.1, -0.05) is 30.3 Å². The Kier molecular flexibility index (Phi) is 5.98. The number of amides is 1. The van der Waals surface area contributed by atoms with Crippen molar-refractivity contribution < 1.29 is 4.79 Å². The lowest BCUT2D eigenvalue weighted by atomic mass is 9.97. The van der Waals surface area contributed by atoms with Crippen molar-refractivity contribution in [2.24, 2.45) is 5.92 Å². The molecule has 0 bridgehead atoms. The summed E-state index contributed by atoms with van der Waals surface area (Å²) < 4.78 is 1.84. The predicted octanol–water partition coefficient (Wildman–Crippen LogP) is 2.29. The second-order valence-corrected chi connectivity index (χ2v) is 5.43. The topological polar surface area (TPSA) is 59.0 Å². The molecule has 1 aliphatic heterocycles. The molecule has 1 fully saturated rings. The van der Waals surface area contributed by atoms with E-state index in [1.165, 1.54) is 5.56 Å². The number of aromatic nitrogens is 2. The van der Waals surface area contributed by atoms with Gasteiger partial charge in [0.05, 0.1) is 18.4 Å². The molecule has 118 valence electrons. The van der Waals surface area contributed by atoms with Crippen LogP contribution in [0.2, 0.25) is 0 Å². The number of hydrogen-bond acceptors (Lipinski definition) is 3. The van der Waals surface area contributed by atoms with E-state index in [9.17, 15) is 4.79 Å². The molecule has 0 unspecified atom stereocenters. The molecule has 0 spiro atoms. The Hall–Kier alpha value is -1.85. The van der Waals surface area contributed by atoms with Crippen molar-refractivity contribution in [3.05, 3.63) is 48.3 Å². The molecular weight excluding hydrogens is 300 g/mol. The predicted molar refractivity (Wildman–Crippen MR) is 89.2 cm³/mol. The van der Waals surface area contributed by atoms with Crippen molar-refractivity contribution in [2.45, 2.75) is 19.4 Å². The van der Waals surface area contributed by atoms with Crippen molar-refractivity contribution in [2.75, 3.05) is 18.4 Å². The first kappa shape index (κ1) is 16.5. The lowest BCUT2D eigenvalue weighted by molar-refractivity contribution is -0.120. The van der Waals surface area contributed by atoms with Gasteiger partial charge in [0.25, 0.3) is 0 Å². The molecule has 0 aliphatic carbocycles. The molecule has 5 nitrogen and oxygen atoms in total. The Balaban J connectivity index is 0.00000176. The summed E-state index contributed by atoms with van der Waals surface area (Å²) in [6.07, 6.45) is 5.40. The average molecular weight is 321 g/mol. The summed E-state index contributed by atoms with van der Waals surface area (Å²) in [6.45, 7) is 2.56. The summed E-state index contributed by atoms with van der Waals surface area (Å²) in [6, 6.07) is 10.2. The van der Waals surface area contributed by atoms with Gasteiger partial charge in [0, 0.05) is 12.1 Å². The molecule has 0 radical (unpaired) electrons. The zero-order valence-corrected chi connectivity index (χ0v) is 13.2. The Bertz CT molecular complexity index is 593. The first-order chi connectivity index (χ1) is 10.3. The van der Waals surface area contributed by atoms with Crippen LogP contribution in [0.15, 0.2) is 42.7 Å². The highest BCUT2D eigenvalue weighted by atomic mass is 35.5. The largest absolute Gasteiger partial charge is 0.323 e. The fourth-order valence-electron chi connectivity index (χ4n) is 2.61. The smallest absolute Gasteiger partial charge is 0.227 e. The van der Waals surface area contributed by atoms with Gasteiger partial charge in [-0.25, -0.2) is 0 Å². The van der Waals surface area contributed by atoms with Crippen LogP contribution in [0.5, 0.6) is 0 Å². The third-order valence-electron chi connectivity index (χ3n) is 3.80. The van der Waals surface area contributed by atoms with Crippen LogP contribution in [0, 0.1) is 5.92 Å². The second kappa shape index (κ2) is 7.96. The maximum atomic E-state index is 12.2. The first-order valence-electron chi connectivity index (χ1n) is 7.39. The number of rotatable bonds is 4. The van der Waals surface area contributed by atoms with Crippen molar-refractivity contribution in [3.8, 4) is 0 Å². The third-order valence-corrected chi connectivity index (χ3v) is 3.80. The number of piperidine rings is 1. The quantitative estimate of drug-likeness (QED) is 0.908. The summed E-state index contributed by atoms with van der Waals surface area (Å²) in [5.41, 5.74) is 1.96. The third kappa shape index (κ3) is 4.32. The van der Waals surface area contributed by atoms with E-state index in [1.807, 2.05) is 29.1 Å². The van der Waals surface area contributed by atoms with Gasteiger partial charge in [-0.05, 0) is 31.5 Å². The minimum absolute atomic E-state index is 0. The molecule has 1 aromatic heterocycles. The highest BCUT2D eigenvalue weighted by molar-refractivity contribution is 5.92. The van der Waals surface area contributed by atoms with E-state index in [0.29, 0.717) is 6.54 Å². The molecule has 2 aromatic rings. The standard InChI is InChI=1S/C16H20N4O.ClH/c21-16(14-6-8-17-9-7-14)19-15-10-18-20(12-15)11-13-4-2-1-3-5-13;/h1-5,10,12,14,17H,6-9,11H2,(H,19,21);1H. The monoisotopic (exact) mass is 320 g/mol. The van der Waals surface area contributed by atoms with Crippen LogP contribution in [-0.2, 0) is 11.3 Å². The normalized spacial score (nSPS) is 15.1. The van der Waals surface area contributed by atoms with Crippen molar-refractivity contribution in [3.63, 3.8) is 0 Å². The van der Waals surface area contributed by atoms with E-state index in [-0.39, 0.29) is 24.2 Å². The van der Waals surface area contributed by atoms with Gasteiger partial charge in [-0.15, -0.1) is 12.4 Å². The molecule has 3 rings (SSSR count). The molecule has 1 aromatic carbocycles. The molecule has 1 aliphatic rings. The Labute approximate surface area is 136 Å². The maximum absolute atomic E-state index is 12.2. The van der Waals surface area contributed by atoms with E-state index in [4.69, 9.17) is 0 Å². The Morgan fingerprint density at radius 3 is 2.73 bits per heavy atom. The van der Waals surface area contributed by atoms with E-state index in [2.05, 4.69) is 27.9 Å². The lowest BCUT2D eigenvalue weighted by Gasteiger charge is -2.21. The first-order valence-corrected chi connectivity index (χ1v) is 7.39. The van der Waals surface area contributed by atoms with Crippen LogP contribution < -0.4 is 10.6 Å². The van der Waals surface area contributed by atoms with Gasteiger partial charge in [-0.2, -0.15) is 5.10 Å². The Morgan fingerprint density at radius 1 is 1.27 bits per heavy atom. The molecule has 1 saturated heterocycles. The average Bonchev–Trinajstić information content (AvgIpc) is 2.96. The number of hydrogen-bond donors (Lipinski definition) is 2. The van der Waals surface area contributed by atoms with Gasteiger partial charge in [0.1, 0.15) is 0 Å². The molecule has 2 N–H and O–H groups in total. The molecule has 2 heterocycles. The summed E-state index contributed by atoms with van der Waals surface area (Å²) in [4.78, 5) is 12.2. The van der Waals surface area contributed by atoms with Gasteiger partial charge in [-0.3, -0.25) is 9.48 Å². The van der Waals surface area contributed by atoms with Gasteiger partial charge in [0.15, 0.2) is 0 Å². The molecule has 6 heteroatoms. The van der Waals surface area contributed by atoms with Crippen molar-refractivity contribution in [1.82, 2.24) is 15.1 Å². The molecule has 1 amide bonds. The number of benzene rings is 1. The molecule has 0 saturated carbocycles. The van der Waals surface area contributed by atoms with Crippen LogP contribution in [-0.4, -0.2) is 28.8 Å².